The number of anilines is 2. The summed E-state index contributed by atoms with van der Waals surface area (Å²) in [6.45, 7) is 1.96. The lowest BCUT2D eigenvalue weighted by atomic mass is 9.77. The summed E-state index contributed by atoms with van der Waals surface area (Å²) in [5, 5.41) is 28.6. The highest BCUT2D eigenvalue weighted by atomic mass is 35.5. The monoisotopic (exact) mass is 773 g/mol. The van der Waals surface area contributed by atoms with Crippen LogP contribution in [0.4, 0.5) is 12.0 Å². The summed E-state index contributed by atoms with van der Waals surface area (Å²) in [7, 11) is 4.12. The van der Waals surface area contributed by atoms with Gasteiger partial charge in [0.25, 0.3) is 0 Å². The van der Waals surface area contributed by atoms with Crippen LogP contribution in [0.3, 0.4) is 0 Å². The van der Waals surface area contributed by atoms with E-state index in [0.717, 1.165) is 46.8 Å². The maximum atomic E-state index is 14.5. The SMILES string of the molecule is Cc1cc(C2C3=C(CCCC3=O)NC(Nc3nc4cc(C5CCC6=C(C5=O)C(c5[nH]ncc5Cl)N=C(Nc5nc7ccccc7o5)N6)ccc4o3)[N+]2(C)C)n[nH]1. The van der Waals surface area contributed by atoms with Crippen LogP contribution < -0.4 is 21.3 Å². The first-order chi connectivity index (χ1) is 27.1. The van der Waals surface area contributed by atoms with Crippen molar-refractivity contribution in [1.29, 1.82) is 0 Å². The normalized spacial score (nSPS) is 23.5. The summed E-state index contributed by atoms with van der Waals surface area (Å²) in [5.41, 5.74) is 8.57. The van der Waals surface area contributed by atoms with Crippen LogP contribution in [0.5, 0.6) is 0 Å². The van der Waals surface area contributed by atoms with Gasteiger partial charge in [0, 0.05) is 35.0 Å². The highest BCUT2D eigenvalue weighted by molar-refractivity contribution is 6.31. The zero-order valence-electron chi connectivity index (χ0n) is 30.7. The standard InChI is InChI=1S/C39H37ClN12O4/c1-18-15-26(50-49-18)34-30-23(8-6-9-27(30)53)43-37(52(34,2)3)48-39-45-25-16-19(11-14-29(25)56-39)20-12-13-24-31(35(20)54)33(32-21(40)17-41-51-32)46-36(42-24)47-38-44-22-7-4-5-10-28(22)55-38/h4-5,7,10-11,14-17,20,33-34,37H,6,8-9,12-13H2,1-3H3,(H5-,41,42,43,44,45,46,47,48,49,50,51,53,54)/p+1. The van der Waals surface area contributed by atoms with Crippen molar-refractivity contribution in [3.8, 4) is 0 Å². The lowest BCUT2D eigenvalue weighted by Crippen LogP contribution is -2.65. The van der Waals surface area contributed by atoms with Gasteiger partial charge in [0.05, 0.1) is 36.6 Å². The summed E-state index contributed by atoms with van der Waals surface area (Å²) in [5.74, 6) is -0.00210. The fourth-order valence-corrected chi connectivity index (χ4v) is 8.73. The molecular weight excluding hydrogens is 736 g/mol. The number of likely N-dealkylation sites (N-methyl/N-ethyl adjacent to an activating group) is 1. The van der Waals surface area contributed by atoms with Crippen LogP contribution in [0.25, 0.3) is 22.2 Å². The number of hydrogen-bond donors (Lipinski definition) is 6. The van der Waals surface area contributed by atoms with Crippen LogP contribution in [0, 0.1) is 6.92 Å². The number of rotatable bonds is 6. The van der Waals surface area contributed by atoms with Gasteiger partial charge in [0.1, 0.15) is 22.8 Å². The van der Waals surface area contributed by atoms with E-state index in [9.17, 15) is 9.59 Å². The third kappa shape index (κ3) is 5.66. The Balaban J connectivity index is 0.925. The number of hydrogen-bond acceptors (Lipinski definition) is 13. The number of ketones is 2. The molecule has 284 valence electrons. The Kier molecular flexibility index (Phi) is 7.90. The van der Waals surface area contributed by atoms with Crippen LogP contribution in [0.15, 0.2) is 91.1 Å². The first-order valence-electron chi connectivity index (χ1n) is 18.6. The van der Waals surface area contributed by atoms with Gasteiger partial charge in [-0.15, -0.1) is 0 Å². The Labute approximate surface area is 324 Å². The zero-order valence-corrected chi connectivity index (χ0v) is 31.5. The number of aromatic amines is 2. The van der Waals surface area contributed by atoms with Crippen LogP contribution in [-0.2, 0) is 9.59 Å². The van der Waals surface area contributed by atoms with E-state index >= 15 is 0 Å². The largest absolute Gasteiger partial charge is 0.423 e. The van der Waals surface area contributed by atoms with Crippen molar-refractivity contribution in [2.24, 2.45) is 4.99 Å². The third-order valence-corrected chi connectivity index (χ3v) is 11.6. The lowest BCUT2D eigenvalue weighted by molar-refractivity contribution is -0.940. The molecule has 0 spiro atoms. The van der Waals surface area contributed by atoms with Gasteiger partial charge in [-0.3, -0.25) is 34.9 Å². The number of guanidine groups is 1. The predicted octanol–water partition coefficient (Wildman–Crippen LogP) is 6.01. The van der Waals surface area contributed by atoms with Gasteiger partial charge < -0.3 is 19.5 Å². The van der Waals surface area contributed by atoms with E-state index in [1.807, 2.05) is 55.5 Å². The molecule has 16 nitrogen and oxygen atoms in total. The van der Waals surface area contributed by atoms with Gasteiger partial charge in [-0.05, 0) is 68.5 Å². The number of Topliss-reactive ketones (excluding diaryl/α,β-unsaturated/α-hetero) is 2. The molecule has 0 bridgehead atoms. The van der Waals surface area contributed by atoms with Crippen molar-refractivity contribution >= 4 is 63.4 Å². The summed E-state index contributed by atoms with van der Waals surface area (Å²) in [4.78, 5) is 42.1. The molecule has 17 heteroatoms. The fraction of sp³-hybridized carbons (Fsp3) is 0.308. The van der Waals surface area contributed by atoms with Crippen LogP contribution in [0.2, 0.25) is 5.02 Å². The molecule has 2 aliphatic carbocycles. The molecule has 2 aliphatic heterocycles. The fourth-order valence-electron chi connectivity index (χ4n) is 8.53. The number of benzene rings is 2. The van der Waals surface area contributed by atoms with Crippen molar-refractivity contribution in [2.45, 2.75) is 63.3 Å². The Hall–Kier alpha value is -6.26. The summed E-state index contributed by atoms with van der Waals surface area (Å²) < 4.78 is 12.5. The molecule has 0 amide bonds. The molecular formula is C39H38ClN12O4+. The molecule has 6 aromatic rings. The number of nitrogens with one attached hydrogen (secondary N) is 6. The second kappa shape index (κ2) is 12.9. The summed E-state index contributed by atoms with van der Waals surface area (Å²) >= 11 is 6.58. The molecule has 0 fully saturated rings. The van der Waals surface area contributed by atoms with Gasteiger partial charge in [-0.25, -0.2) is 4.99 Å². The summed E-state index contributed by atoms with van der Waals surface area (Å²) in [6.07, 6.45) is 4.33. The number of H-pyrrole nitrogens is 2. The number of nitrogens with zero attached hydrogens (tertiary/aromatic N) is 6. The molecule has 10 rings (SSSR count). The van der Waals surface area contributed by atoms with Crippen molar-refractivity contribution in [3.63, 3.8) is 0 Å². The van der Waals surface area contributed by atoms with Gasteiger partial charge in [-0.1, -0.05) is 29.8 Å². The zero-order chi connectivity index (χ0) is 38.3. The quantitative estimate of drug-likeness (QED) is 0.108. The van der Waals surface area contributed by atoms with Crippen LogP contribution in [-0.4, -0.2) is 72.8 Å². The number of aliphatic imine (C=N–C) groups is 1. The molecule has 2 aromatic carbocycles. The Morgan fingerprint density at radius 2 is 1.73 bits per heavy atom. The number of allylic oxidation sites excluding steroid dienone is 2. The number of para-hydroxylation sites is 2. The van der Waals surface area contributed by atoms with Crippen molar-refractivity contribution in [2.75, 3.05) is 24.7 Å². The molecule has 4 atom stereocenters. The first kappa shape index (κ1) is 34.2. The number of carbonyl (C=O) groups is 2. The average molecular weight is 774 g/mol. The van der Waals surface area contributed by atoms with E-state index in [1.165, 1.54) is 6.20 Å². The van der Waals surface area contributed by atoms with E-state index in [2.05, 4.69) is 60.7 Å². The Morgan fingerprint density at radius 3 is 2.54 bits per heavy atom. The minimum Gasteiger partial charge on any atom is -0.423 e. The van der Waals surface area contributed by atoms with Crippen LogP contribution in [0.1, 0.15) is 72.8 Å². The number of aryl methyl sites for hydroxylation is 1. The third-order valence-electron chi connectivity index (χ3n) is 11.3. The number of aromatic nitrogens is 6. The maximum absolute atomic E-state index is 14.5. The van der Waals surface area contributed by atoms with Gasteiger partial charge in [0.15, 0.2) is 28.8 Å². The number of oxazole rings is 2. The summed E-state index contributed by atoms with van der Waals surface area (Å²) in [6, 6.07) is 14.7. The Morgan fingerprint density at radius 1 is 0.911 bits per heavy atom. The number of quaternary nitrogens is 1. The lowest BCUT2D eigenvalue weighted by Gasteiger charge is -2.48. The molecule has 56 heavy (non-hydrogen) atoms. The van der Waals surface area contributed by atoms with Crippen LogP contribution >= 0.6 is 11.6 Å². The van der Waals surface area contributed by atoms with E-state index in [-0.39, 0.29) is 29.9 Å². The minimum atomic E-state index is -0.746. The second-order valence-electron chi connectivity index (χ2n) is 15.2. The van der Waals surface area contributed by atoms with Gasteiger partial charge in [-0.2, -0.15) is 20.2 Å². The Bertz CT molecular complexity index is 2650. The van der Waals surface area contributed by atoms with E-state index in [4.69, 9.17) is 30.4 Å². The van der Waals surface area contributed by atoms with E-state index < -0.39 is 12.0 Å². The smallest absolute Gasteiger partial charge is 0.302 e. The molecule has 6 N–H and O–H groups in total. The van der Waals surface area contributed by atoms with Gasteiger partial charge >= 0.3 is 12.0 Å². The highest BCUT2D eigenvalue weighted by Crippen LogP contribution is 2.44. The topological polar surface area (TPSA) is 204 Å². The minimum absolute atomic E-state index is 0.0727. The van der Waals surface area contributed by atoms with Crippen molar-refractivity contribution in [3.05, 3.63) is 105 Å². The van der Waals surface area contributed by atoms with E-state index in [1.54, 1.807) is 0 Å². The van der Waals surface area contributed by atoms with E-state index in [0.29, 0.717) is 74.2 Å². The molecule has 0 saturated carbocycles. The predicted molar refractivity (Wildman–Crippen MR) is 207 cm³/mol. The highest BCUT2D eigenvalue weighted by Gasteiger charge is 2.50. The number of carbonyl (C=O) groups excluding carboxylic acids is 2. The molecule has 0 radical (unpaired) electrons. The first-order valence-corrected chi connectivity index (χ1v) is 19.0. The number of fused-ring (bicyclic) bond motifs is 2. The molecule has 4 unspecified atom stereocenters. The average Bonchev–Trinajstić information content (AvgIpc) is 3.98. The maximum Gasteiger partial charge on any atom is 0.302 e. The molecule has 6 heterocycles. The van der Waals surface area contributed by atoms with Gasteiger partial charge in [0.2, 0.25) is 12.2 Å². The molecule has 4 aliphatic rings. The second-order valence-corrected chi connectivity index (χ2v) is 15.6. The van der Waals surface area contributed by atoms with Crippen molar-refractivity contribution in [1.82, 2.24) is 41.0 Å². The number of halogens is 1. The molecule has 0 saturated heterocycles. The molecule has 4 aromatic heterocycles. The van der Waals surface area contributed by atoms with Crippen molar-refractivity contribution < 1.29 is 22.9 Å².